The Kier molecular flexibility index (Phi) is 4.77. The van der Waals surface area contributed by atoms with Crippen LogP contribution in [-0.2, 0) is 27.7 Å². The minimum atomic E-state index is -3.81. The minimum absolute atomic E-state index is 0.00429. The molecule has 0 unspecified atom stereocenters. The van der Waals surface area contributed by atoms with E-state index < -0.39 is 10.0 Å². The van der Waals surface area contributed by atoms with E-state index in [0.717, 1.165) is 11.1 Å². The molecular formula is C19H17Cl2N3O3S. The molecule has 9 heteroatoms. The summed E-state index contributed by atoms with van der Waals surface area (Å²) >= 11 is 12.3. The van der Waals surface area contributed by atoms with Crippen LogP contribution in [0.1, 0.15) is 18.1 Å². The Balaban J connectivity index is 1.64. The van der Waals surface area contributed by atoms with Crippen LogP contribution in [0.25, 0.3) is 10.9 Å². The van der Waals surface area contributed by atoms with Gasteiger partial charge in [-0.05, 0) is 48.2 Å². The van der Waals surface area contributed by atoms with Crippen molar-refractivity contribution in [3.8, 4) is 0 Å². The number of hydrogen-bond donors (Lipinski definition) is 3. The number of anilines is 1. The van der Waals surface area contributed by atoms with Crippen LogP contribution in [0.3, 0.4) is 0 Å². The summed E-state index contributed by atoms with van der Waals surface area (Å²) in [6, 6.07) is 8.22. The Morgan fingerprint density at radius 2 is 1.86 bits per heavy atom. The maximum Gasteiger partial charge on any atom is 0.261 e. The van der Waals surface area contributed by atoms with Gasteiger partial charge >= 0.3 is 0 Å². The third kappa shape index (κ3) is 3.45. The fourth-order valence-electron chi connectivity index (χ4n) is 3.61. The van der Waals surface area contributed by atoms with Gasteiger partial charge in [0.25, 0.3) is 10.0 Å². The van der Waals surface area contributed by atoms with Gasteiger partial charge in [0, 0.05) is 24.5 Å². The molecule has 0 fully saturated rings. The zero-order chi connectivity index (χ0) is 20.1. The van der Waals surface area contributed by atoms with Gasteiger partial charge in [-0.3, -0.25) is 9.52 Å². The van der Waals surface area contributed by atoms with E-state index in [1.165, 1.54) is 6.92 Å². The van der Waals surface area contributed by atoms with Crippen molar-refractivity contribution in [3.63, 3.8) is 0 Å². The van der Waals surface area contributed by atoms with E-state index in [-0.39, 0.29) is 16.8 Å². The number of rotatable bonds is 4. The molecule has 0 radical (unpaired) electrons. The number of aromatic nitrogens is 1. The van der Waals surface area contributed by atoms with Gasteiger partial charge in [0.2, 0.25) is 5.91 Å². The van der Waals surface area contributed by atoms with E-state index in [0.29, 0.717) is 39.5 Å². The maximum atomic E-state index is 12.9. The van der Waals surface area contributed by atoms with Gasteiger partial charge in [0.1, 0.15) is 0 Å². The normalized spacial score (nSPS) is 16.2. The first-order valence-corrected chi connectivity index (χ1v) is 10.9. The van der Waals surface area contributed by atoms with Crippen molar-refractivity contribution in [3.05, 3.63) is 57.7 Å². The summed E-state index contributed by atoms with van der Waals surface area (Å²) in [4.78, 5) is 14.4. The van der Waals surface area contributed by atoms with Crippen molar-refractivity contribution >= 4 is 55.7 Å². The molecule has 1 aliphatic carbocycles. The SMILES string of the molecule is CC(=O)N[C@H]1Cc2ccc(S(=O)(=O)Nc3ccc(Cl)c4c(Cl)c[nH]c34)cc2C1. The number of carbonyl (C=O) groups is 1. The summed E-state index contributed by atoms with van der Waals surface area (Å²) in [6.07, 6.45) is 2.87. The zero-order valence-electron chi connectivity index (χ0n) is 14.8. The molecule has 0 saturated heterocycles. The molecule has 1 heterocycles. The second-order valence-electron chi connectivity index (χ2n) is 6.82. The van der Waals surface area contributed by atoms with Gasteiger partial charge in [0.15, 0.2) is 0 Å². The highest BCUT2D eigenvalue weighted by molar-refractivity contribution is 7.92. The topological polar surface area (TPSA) is 91.1 Å². The Hall–Kier alpha value is -2.22. The molecule has 2 aromatic carbocycles. The second kappa shape index (κ2) is 6.99. The fraction of sp³-hybridized carbons (Fsp3) is 0.211. The maximum absolute atomic E-state index is 12.9. The number of benzene rings is 2. The standard InChI is InChI=1S/C19H17Cl2N3O3S/c1-10(25)23-13-6-11-2-3-14(8-12(11)7-13)28(26,27)24-17-5-4-15(20)18-16(21)9-22-19(17)18/h2-5,8-9,13,22,24H,6-7H2,1H3,(H,23,25)/t13-/m0/s1. The van der Waals surface area contributed by atoms with Crippen LogP contribution in [-0.4, -0.2) is 25.4 Å². The highest BCUT2D eigenvalue weighted by Gasteiger charge is 2.25. The number of H-pyrrole nitrogens is 1. The summed E-state index contributed by atoms with van der Waals surface area (Å²) in [5.41, 5.74) is 2.85. The van der Waals surface area contributed by atoms with Gasteiger partial charge in [-0.2, -0.15) is 0 Å². The van der Waals surface area contributed by atoms with E-state index in [1.54, 1.807) is 36.5 Å². The van der Waals surface area contributed by atoms with Gasteiger partial charge in [-0.25, -0.2) is 8.42 Å². The van der Waals surface area contributed by atoms with Crippen molar-refractivity contribution in [2.24, 2.45) is 0 Å². The molecule has 0 bridgehead atoms. The van der Waals surface area contributed by atoms with Crippen LogP contribution in [0.2, 0.25) is 10.0 Å². The smallest absolute Gasteiger partial charge is 0.261 e. The fourth-order valence-corrected chi connectivity index (χ4v) is 5.29. The van der Waals surface area contributed by atoms with E-state index in [2.05, 4.69) is 15.0 Å². The average molecular weight is 438 g/mol. The lowest BCUT2D eigenvalue weighted by molar-refractivity contribution is -0.119. The Bertz CT molecular complexity index is 1200. The quantitative estimate of drug-likeness (QED) is 0.578. The highest BCUT2D eigenvalue weighted by atomic mass is 35.5. The summed E-state index contributed by atoms with van der Waals surface area (Å²) in [7, 11) is -3.81. The van der Waals surface area contributed by atoms with Crippen molar-refractivity contribution in [2.75, 3.05) is 4.72 Å². The van der Waals surface area contributed by atoms with Crippen LogP contribution < -0.4 is 10.0 Å². The van der Waals surface area contributed by atoms with Gasteiger partial charge in [0.05, 0.1) is 26.1 Å². The molecule has 6 nitrogen and oxygen atoms in total. The van der Waals surface area contributed by atoms with Crippen molar-refractivity contribution in [1.29, 1.82) is 0 Å². The molecule has 0 spiro atoms. The first-order valence-electron chi connectivity index (χ1n) is 8.61. The number of amides is 1. The van der Waals surface area contributed by atoms with Crippen molar-refractivity contribution in [2.45, 2.75) is 30.7 Å². The summed E-state index contributed by atoms with van der Waals surface area (Å²) < 4.78 is 28.5. The number of fused-ring (bicyclic) bond motifs is 2. The number of sulfonamides is 1. The van der Waals surface area contributed by atoms with Gasteiger partial charge in [-0.1, -0.05) is 29.3 Å². The molecule has 146 valence electrons. The molecule has 28 heavy (non-hydrogen) atoms. The first-order chi connectivity index (χ1) is 13.2. The molecule has 1 amide bonds. The predicted molar refractivity (Wildman–Crippen MR) is 111 cm³/mol. The van der Waals surface area contributed by atoms with Gasteiger partial charge < -0.3 is 10.3 Å². The molecule has 4 rings (SSSR count). The van der Waals surface area contributed by atoms with Crippen molar-refractivity contribution in [1.82, 2.24) is 10.3 Å². The largest absolute Gasteiger partial charge is 0.358 e. The van der Waals surface area contributed by atoms with Crippen LogP contribution in [0.5, 0.6) is 0 Å². The molecule has 0 aliphatic heterocycles. The lowest BCUT2D eigenvalue weighted by Gasteiger charge is -2.11. The Morgan fingerprint density at radius 3 is 2.61 bits per heavy atom. The Morgan fingerprint density at radius 1 is 1.11 bits per heavy atom. The van der Waals surface area contributed by atoms with E-state index >= 15 is 0 Å². The average Bonchev–Trinajstić information content (AvgIpc) is 3.19. The third-order valence-corrected chi connectivity index (χ3v) is 6.79. The molecule has 1 atom stereocenters. The number of halogens is 2. The lowest BCUT2D eigenvalue weighted by Crippen LogP contribution is -2.33. The number of hydrogen-bond acceptors (Lipinski definition) is 3. The molecular weight excluding hydrogens is 421 g/mol. The van der Waals surface area contributed by atoms with Crippen LogP contribution >= 0.6 is 23.2 Å². The first kappa shape index (κ1) is 19.1. The molecule has 1 aromatic heterocycles. The zero-order valence-corrected chi connectivity index (χ0v) is 17.2. The van der Waals surface area contributed by atoms with Gasteiger partial charge in [-0.15, -0.1) is 0 Å². The van der Waals surface area contributed by atoms with E-state index in [4.69, 9.17) is 23.2 Å². The molecule has 3 aromatic rings. The third-order valence-electron chi connectivity index (χ3n) is 4.81. The number of aromatic amines is 1. The van der Waals surface area contributed by atoms with Crippen LogP contribution in [0.15, 0.2) is 41.4 Å². The summed E-state index contributed by atoms with van der Waals surface area (Å²) in [5, 5.41) is 4.30. The Labute approximate surface area is 172 Å². The van der Waals surface area contributed by atoms with Crippen LogP contribution in [0.4, 0.5) is 5.69 Å². The monoisotopic (exact) mass is 437 g/mol. The highest BCUT2D eigenvalue weighted by Crippen LogP contribution is 2.35. The van der Waals surface area contributed by atoms with E-state index in [1.807, 2.05) is 0 Å². The van der Waals surface area contributed by atoms with Crippen LogP contribution in [0, 0.1) is 0 Å². The molecule has 0 saturated carbocycles. The molecule has 1 aliphatic rings. The van der Waals surface area contributed by atoms with Crippen molar-refractivity contribution < 1.29 is 13.2 Å². The number of carbonyl (C=O) groups excluding carboxylic acids is 1. The summed E-state index contributed by atoms with van der Waals surface area (Å²) in [6.45, 7) is 1.47. The lowest BCUT2D eigenvalue weighted by atomic mass is 10.1. The summed E-state index contributed by atoms with van der Waals surface area (Å²) in [5.74, 6) is -0.0938. The minimum Gasteiger partial charge on any atom is -0.358 e. The second-order valence-corrected chi connectivity index (χ2v) is 9.32. The predicted octanol–water partition coefficient (Wildman–Crippen LogP) is 3.88. The number of nitrogens with one attached hydrogen (secondary N) is 3. The molecule has 3 N–H and O–H groups in total. The van der Waals surface area contributed by atoms with E-state index in [9.17, 15) is 13.2 Å².